The van der Waals surface area contributed by atoms with Gasteiger partial charge in [0.15, 0.2) is 0 Å². The third kappa shape index (κ3) is 3.69. The molecular formula is C25H30N4O. The van der Waals surface area contributed by atoms with Crippen LogP contribution in [0.25, 0.3) is 5.70 Å². The summed E-state index contributed by atoms with van der Waals surface area (Å²) in [6.45, 7) is 7.89. The van der Waals surface area contributed by atoms with Gasteiger partial charge >= 0.3 is 0 Å². The molecular weight excluding hydrogens is 372 g/mol. The Balaban J connectivity index is 1.40. The maximum absolute atomic E-state index is 13.1. The number of amides is 1. The first-order valence-corrected chi connectivity index (χ1v) is 11.0. The van der Waals surface area contributed by atoms with E-state index in [1.165, 1.54) is 29.3 Å². The number of hydrogen-bond acceptors (Lipinski definition) is 3. The minimum absolute atomic E-state index is 0.246. The number of aromatic amines is 1. The summed E-state index contributed by atoms with van der Waals surface area (Å²) in [7, 11) is 0. The first-order chi connectivity index (χ1) is 14.5. The third-order valence-corrected chi connectivity index (χ3v) is 6.83. The highest BCUT2D eigenvalue weighted by atomic mass is 16.2. The molecule has 1 spiro atoms. The molecule has 0 radical (unpaired) electrons. The molecule has 5 heteroatoms. The summed E-state index contributed by atoms with van der Waals surface area (Å²) in [6, 6.07) is 10.5. The molecule has 5 rings (SSSR count). The molecule has 1 aromatic carbocycles. The van der Waals surface area contributed by atoms with E-state index in [0.717, 1.165) is 37.2 Å². The van der Waals surface area contributed by atoms with E-state index in [1.807, 2.05) is 12.4 Å². The highest BCUT2D eigenvalue weighted by Crippen LogP contribution is 2.48. The third-order valence-electron chi connectivity index (χ3n) is 6.83. The largest absolute Gasteiger partial charge is 0.371 e. The van der Waals surface area contributed by atoms with Gasteiger partial charge in [-0.25, -0.2) is 4.99 Å². The van der Waals surface area contributed by atoms with E-state index >= 15 is 0 Å². The first kappa shape index (κ1) is 19.2. The van der Waals surface area contributed by atoms with Gasteiger partial charge in [-0.3, -0.25) is 4.79 Å². The SMILES string of the molecule is Cc1ccc(CC(=O)N2CCN(C3=c4cc[nH]c4=NC=CC3C)CC3(CC3)C2)cc1. The number of rotatable bonds is 3. The summed E-state index contributed by atoms with van der Waals surface area (Å²) in [5, 5.41) is 1.20. The predicted octanol–water partition coefficient (Wildman–Crippen LogP) is 2.38. The molecule has 156 valence electrons. The van der Waals surface area contributed by atoms with Crippen LogP contribution in [0.15, 0.2) is 53.8 Å². The smallest absolute Gasteiger partial charge is 0.227 e. The van der Waals surface area contributed by atoms with Gasteiger partial charge in [0.1, 0.15) is 5.49 Å². The van der Waals surface area contributed by atoms with Gasteiger partial charge in [-0.15, -0.1) is 0 Å². The second-order valence-electron chi connectivity index (χ2n) is 9.28. The summed E-state index contributed by atoms with van der Waals surface area (Å²) in [6.07, 6.45) is 8.97. The van der Waals surface area contributed by atoms with Crippen LogP contribution in [0.2, 0.25) is 0 Å². The summed E-state index contributed by atoms with van der Waals surface area (Å²) < 4.78 is 0. The molecule has 1 aliphatic carbocycles. The normalized spacial score (nSPS) is 22.3. The van der Waals surface area contributed by atoms with Crippen molar-refractivity contribution in [3.05, 3.63) is 70.6 Å². The van der Waals surface area contributed by atoms with E-state index < -0.39 is 0 Å². The lowest BCUT2D eigenvalue weighted by atomic mass is 10.0. The van der Waals surface area contributed by atoms with Crippen LogP contribution in [-0.2, 0) is 11.2 Å². The number of aromatic nitrogens is 1. The lowest BCUT2D eigenvalue weighted by Crippen LogP contribution is -2.39. The van der Waals surface area contributed by atoms with Gasteiger partial charge in [-0.1, -0.05) is 42.8 Å². The van der Waals surface area contributed by atoms with Crippen molar-refractivity contribution in [1.82, 2.24) is 14.8 Å². The Morgan fingerprint density at radius 1 is 1.17 bits per heavy atom. The van der Waals surface area contributed by atoms with Crippen molar-refractivity contribution in [1.29, 1.82) is 0 Å². The Labute approximate surface area is 177 Å². The van der Waals surface area contributed by atoms with E-state index in [2.05, 4.69) is 70.0 Å². The number of benzene rings is 1. The average molecular weight is 403 g/mol. The Bertz CT molecular complexity index is 1090. The predicted molar refractivity (Wildman–Crippen MR) is 118 cm³/mol. The topological polar surface area (TPSA) is 51.7 Å². The minimum atomic E-state index is 0.246. The van der Waals surface area contributed by atoms with Crippen LogP contribution in [0, 0.1) is 18.3 Å². The van der Waals surface area contributed by atoms with Crippen LogP contribution in [0.5, 0.6) is 0 Å². The van der Waals surface area contributed by atoms with Crippen LogP contribution in [-0.4, -0.2) is 46.9 Å². The maximum Gasteiger partial charge on any atom is 0.227 e. The van der Waals surface area contributed by atoms with Crippen LogP contribution in [0.1, 0.15) is 30.9 Å². The number of nitrogens with one attached hydrogen (secondary N) is 1. The maximum atomic E-state index is 13.1. The number of aryl methyl sites for hydroxylation is 1. The van der Waals surface area contributed by atoms with Gasteiger partial charge in [0, 0.05) is 60.8 Å². The van der Waals surface area contributed by atoms with Crippen LogP contribution < -0.4 is 10.7 Å². The van der Waals surface area contributed by atoms with E-state index in [-0.39, 0.29) is 11.3 Å². The van der Waals surface area contributed by atoms with Gasteiger partial charge in [0.05, 0.1) is 6.42 Å². The fraction of sp³-hybridized carbons (Fsp3) is 0.440. The standard InChI is InChI=1S/C25H30N4O/c1-18-3-5-20(6-4-18)15-22(30)28-13-14-29(17-25(16-28)9-10-25)23-19(2)7-11-26-24-21(23)8-12-27-24/h3-8,11-12,19H,9-10,13-17H2,1-2H3,(H,26,27). The molecule has 2 fully saturated rings. The second-order valence-corrected chi connectivity index (χ2v) is 9.28. The molecule has 5 nitrogen and oxygen atoms in total. The summed E-state index contributed by atoms with van der Waals surface area (Å²) in [5.41, 5.74) is 4.85. The van der Waals surface area contributed by atoms with E-state index in [1.54, 1.807) is 0 Å². The fourth-order valence-electron chi connectivity index (χ4n) is 4.88. The van der Waals surface area contributed by atoms with Crippen LogP contribution in [0.4, 0.5) is 0 Å². The van der Waals surface area contributed by atoms with Gasteiger partial charge in [0.25, 0.3) is 0 Å². The molecule has 2 aromatic rings. The Kier molecular flexibility index (Phi) is 4.76. The molecule has 1 amide bonds. The molecule has 3 heterocycles. The molecule has 1 atom stereocenters. The van der Waals surface area contributed by atoms with Crippen molar-refractivity contribution in [3.8, 4) is 0 Å². The second kappa shape index (κ2) is 7.46. The monoisotopic (exact) mass is 402 g/mol. The minimum Gasteiger partial charge on any atom is -0.371 e. The van der Waals surface area contributed by atoms with Gasteiger partial charge in [0.2, 0.25) is 5.91 Å². The Morgan fingerprint density at radius 2 is 1.97 bits per heavy atom. The zero-order chi connectivity index (χ0) is 20.7. The van der Waals surface area contributed by atoms with Gasteiger partial charge < -0.3 is 14.8 Å². The molecule has 30 heavy (non-hydrogen) atoms. The zero-order valence-electron chi connectivity index (χ0n) is 17.9. The highest BCUT2D eigenvalue weighted by Gasteiger charge is 2.48. The van der Waals surface area contributed by atoms with Gasteiger partial charge in [-0.05, 0) is 31.4 Å². The molecule has 1 unspecified atom stereocenters. The van der Waals surface area contributed by atoms with Crippen molar-refractivity contribution in [2.24, 2.45) is 16.3 Å². The highest BCUT2D eigenvalue weighted by molar-refractivity contribution is 5.79. The lowest BCUT2D eigenvalue weighted by Gasteiger charge is -2.30. The van der Waals surface area contributed by atoms with Crippen molar-refractivity contribution < 1.29 is 4.79 Å². The molecule has 2 aliphatic heterocycles. The van der Waals surface area contributed by atoms with Crippen molar-refractivity contribution in [2.75, 3.05) is 26.2 Å². The molecule has 1 aromatic heterocycles. The van der Waals surface area contributed by atoms with E-state index in [4.69, 9.17) is 0 Å². The number of nitrogens with zero attached hydrogens (tertiary/aromatic N) is 3. The Hall–Kier alpha value is -2.82. The van der Waals surface area contributed by atoms with Crippen molar-refractivity contribution in [3.63, 3.8) is 0 Å². The first-order valence-electron chi connectivity index (χ1n) is 11.0. The summed E-state index contributed by atoms with van der Waals surface area (Å²) in [5.74, 6) is 0.555. The molecule has 1 saturated heterocycles. The molecule has 3 aliphatic rings. The molecule has 1 saturated carbocycles. The molecule has 0 bridgehead atoms. The number of carbonyl (C=O) groups excluding carboxylic acids is 1. The number of H-pyrrole nitrogens is 1. The Morgan fingerprint density at radius 3 is 2.73 bits per heavy atom. The quantitative estimate of drug-likeness (QED) is 0.857. The number of hydrogen-bond donors (Lipinski definition) is 1. The summed E-state index contributed by atoms with van der Waals surface area (Å²) >= 11 is 0. The number of fused-ring (bicyclic) bond motifs is 1. The van der Waals surface area contributed by atoms with Gasteiger partial charge in [-0.2, -0.15) is 0 Å². The number of carbonyl (C=O) groups is 1. The summed E-state index contributed by atoms with van der Waals surface area (Å²) in [4.78, 5) is 25.6. The lowest BCUT2D eigenvalue weighted by molar-refractivity contribution is -0.130. The van der Waals surface area contributed by atoms with Crippen molar-refractivity contribution >= 4 is 11.6 Å². The van der Waals surface area contributed by atoms with E-state index in [9.17, 15) is 4.79 Å². The van der Waals surface area contributed by atoms with Crippen LogP contribution >= 0.6 is 0 Å². The zero-order valence-corrected chi connectivity index (χ0v) is 17.9. The van der Waals surface area contributed by atoms with Crippen molar-refractivity contribution in [2.45, 2.75) is 33.1 Å². The average Bonchev–Trinajstić information content (AvgIpc) is 3.42. The van der Waals surface area contributed by atoms with E-state index in [0.29, 0.717) is 12.3 Å². The molecule has 1 N–H and O–H groups in total. The fourth-order valence-corrected chi connectivity index (χ4v) is 4.88. The van der Waals surface area contributed by atoms with Crippen LogP contribution in [0.3, 0.4) is 0 Å².